The van der Waals surface area contributed by atoms with Crippen molar-refractivity contribution in [1.29, 1.82) is 0 Å². The first kappa shape index (κ1) is 34.6. The molecule has 0 saturated carbocycles. The lowest BCUT2D eigenvalue weighted by atomic mass is 9.94. The van der Waals surface area contributed by atoms with Gasteiger partial charge in [0.2, 0.25) is 0 Å². The fourth-order valence-corrected chi connectivity index (χ4v) is 5.25. The minimum absolute atomic E-state index is 0.271. The van der Waals surface area contributed by atoms with Gasteiger partial charge in [-0.15, -0.1) is 0 Å². The first-order valence-electron chi connectivity index (χ1n) is 15.1. The molecule has 2 atom stereocenters. The quantitative estimate of drug-likeness (QED) is 0.142. The van der Waals surface area contributed by atoms with Gasteiger partial charge in [0.25, 0.3) is 0 Å². The number of aryl methyl sites for hydroxylation is 1. The zero-order valence-corrected chi connectivity index (χ0v) is 25.9. The Labute approximate surface area is 246 Å². The van der Waals surface area contributed by atoms with Gasteiger partial charge < -0.3 is 10.1 Å². The molecule has 1 aromatic carbocycles. The van der Waals surface area contributed by atoms with Gasteiger partial charge in [-0.1, -0.05) is 75.2 Å². The van der Waals surface area contributed by atoms with Crippen LogP contribution in [0.25, 0.3) is 5.57 Å². The Bertz CT molecular complexity index is 1080. The standard InChI is InChI=1S/C34H50F3N3O/c1-7-13-30(10-4)40(23-9-3)25-28-21-19-27(20-22-28)15-11-16-29(24-34(35,36)37)31(14-8-2)32-17-12-18-33(39-32)38-26(5)41-6/h8,12,14,17-22,26,30H,7,9-11,13,15-16,23-25H2,1-6H3,(H,38,39)/b14-8-,31-29+. The minimum atomic E-state index is -4.30. The topological polar surface area (TPSA) is 37.4 Å². The lowest BCUT2D eigenvalue weighted by molar-refractivity contribution is -0.127. The molecule has 2 unspecified atom stereocenters. The highest BCUT2D eigenvalue weighted by atomic mass is 19.4. The molecule has 0 amide bonds. The van der Waals surface area contributed by atoms with Crippen LogP contribution < -0.4 is 5.32 Å². The van der Waals surface area contributed by atoms with E-state index in [0.29, 0.717) is 41.5 Å². The van der Waals surface area contributed by atoms with Gasteiger partial charge in [0.05, 0.1) is 12.1 Å². The summed E-state index contributed by atoms with van der Waals surface area (Å²) in [5, 5.41) is 3.11. The third-order valence-electron chi connectivity index (χ3n) is 7.33. The van der Waals surface area contributed by atoms with Crippen LogP contribution in [0.5, 0.6) is 0 Å². The second-order valence-corrected chi connectivity index (χ2v) is 10.7. The zero-order chi connectivity index (χ0) is 30.3. The van der Waals surface area contributed by atoms with Crippen LogP contribution in [0.1, 0.15) is 96.4 Å². The van der Waals surface area contributed by atoms with E-state index < -0.39 is 12.6 Å². The summed E-state index contributed by atoms with van der Waals surface area (Å²) in [7, 11) is 1.58. The van der Waals surface area contributed by atoms with Gasteiger partial charge in [-0.05, 0) is 87.7 Å². The first-order chi connectivity index (χ1) is 19.6. The molecule has 0 saturated heterocycles. The summed E-state index contributed by atoms with van der Waals surface area (Å²) in [4.78, 5) is 7.19. The second kappa shape index (κ2) is 18.0. The van der Waals surface area contributed by atoms with Crippen molar-refractivity contribution in [2.24, 2.45) is 0 Å². The average molecular weight is 574 g/mol. The van der Waals surface area contributed by atoms with Crippen molar-refractivity contribution in [1.82, 2.24) is 9.88 Å². The maximum atomic E-state index is 13.7. The van der Waals surface area contributed by atoms with Gasteiger partial charge in [0.15, 0.2) is 0 Å². The monoisotopic (exact) mass is 573 g/mol. The molecule has 0 fully saturated rings. The maximum absolute atomic E-state index is 13.7. The third-order valence-corrected chi connectivity index (χ3v) is 7.33. The number of hydrogen-bond acceptors (Lipinski definition) is 4. The van der Waals surface area contributed by atoms with Crippen molar-refractivity contribution >= 4 is 11.4 Å². The van der Waals surface area contributed by atoms with E-state index in [4.69, 9.17) is 4.74 Å². The summed E-state index contributed by atoms with van der Waals surface area (Å²) in [6.07, 6.45) is 4.34. The van der Waals surface area contributed by atoms with Crippen LogP contribution in [0.2, 0.25) is 0 Å². The SMILES string of the molecule is C/C=C\C(=C(\CCCc1ccc(CN(CCC)C(CC)CCC)cc1)CC(F)(F)F)c1cccc(NC(C)OC)n1. The molecule has 1 aromatic heterocycles. The Morgan fingerprint density at radius 1 is 1.05 bits per heavy atom. The van der Waals surface area contributed by atoms with Crippen molar-refractivity contribution in [3.8, 4) is 0 Å². The molecule has 1 heterocycles. The van der Waals surface area contributed by atoms with E-state index in [9.17, 15) is 13.2 Å². The number of methoxy groups -OCH3 is 1. The molecule has 0 aliphatic carbocycles. The molecule has 0 aliphatic heterocycles. The first-order valence-corrected chi connectivity index (χ1v) is 15.1. The van der Waals surface area contributed by atoms with E-state index in [-0.39, 0.29) is 6.23 Å². The zero-order valence-electron chi connectivity index (χ0n) is 25.9. The number of anilines is 1. The Balaban J connectivity index is 2.20. The third kappa shape index (κ3) is 12.4. The highest BCUT2D eigenvalue weighted by Gasteiger charge is 2.30. The molecule has 7 heteroatoms. The highest BCUT2D eigenvalue weighted by molar-refractivity contribution is 5.75. The molecule has 2 aromatic rings. The van der Waals surface area contributed by atoms with Gasteiger partial charge in [-0.2, -0.15) is 13.2 Å². The maximum Gasteiger partial charge on any atom is 0.392 e. The number of ether oxygens (including phenoxy) is 1. The van der Waals surface area contributed by atoms with Crippen LogP contribution in [0.15, 0.2) is 60.2 Å². The molecule has 41 heavy (non-hydrogen) atoms. The Morgan fingerprint density at radius 2 is 1.76 bits per heavy atom. The molecule has 0 spiro atoms. The van der Waals surface area contributed by atoms with Crippen molar-refractivity contribution in [2.45, 2.75) is 111 Å². The van der Waals surface area contributed by atoms with Gasteiger partial charge in [-0.25, -0.2) is 4.98 Å². The van der Waals surface area contributed by atoms with Gasteiger partial charge in [0, 0.05) is 19.7 Å². The van der Waals surface area contributed by atoms with Crippen molar-refractivity contribution < 1.29 is 17.9 Å². The molecule has 0 bridgehead atoms. The van der Waals surface area contributed by atoms with Crippen LogP contribution >= 0.6 is 0 Å². The molecule has 1 N–H and O–H groups in total. The Morgan fingerprint density at radius 3 is 2.34 bits per heavy atom. The lowest BCUT2D eigenvalue weighted by Crippen LogP contribution is -2.35. The number of pyridine rings is 1. The summed E-state index contributed by atoms with van der Waals surface area (Å²) in [5.74, 6) is 0.558. The van der Waals surface area contributed by atoms with Crippen LogP contribution in [0.4, 0.5) is 19.0 Å². The van der Waals surface area contributed by atoms with Crippen LogP contribution in [-0.2, 0) is 17.7 Å². The number of aromatic nitrogens is 1. The van der Waals surface area contributed by atoms with E-state index in [0.717, 1.165) is 37.9 Å². The number of hydrogen-bond donors (Lipinski definition) is 1. The molecule has 0 aliphatic rings. The number of allylic oxidation sites excluding steroid dienone is 4. The van der Waals surface area contributed by atoms with E-state index in [2.05, 4.69) is 60.2 Å². The van der Waals surface area contributed by atoms with E-state index >= 15 is 0 Å². The number of nitrogens with one attached hydrogen (secondary N) is 1. The van der Waals surface area contributed by atoms with Gasteiger partial charge >= 0.3 is 6.18 Å². The molecule has 0 radical (unpaired) electrons. The second-order valence-electron chi connectivity index (χ2n) is 10.7. The molecule has 4 nitrogen and oxygen atoms in total. The fourth-order valence-electron chi connectivity index (χ4n) is 5.25. The summed E-state index contributed by atoms with van der Waals surface area (Å²) in [6, 6.07) is 14.6. The Hall–Kier alpha value is -2.64. The van der Waals surface area contributed by atoms with E-state index in [1.165, 1.54) is 18.4 Å². The average Bonchev–Trinajstić information content (AvgIpc) is 2.94. The smallest absolute Gasteiger partial charge is 0.362 e. The molecule has 2 rings (SSSR count). The summed E-state index contributed by atoms with van der Waals surface area (Å²) in [6.45, 7) is 12.4. The largest absolute Gasteiger partial charge is 0.392 e. The van der Waals surface area contributed by atoms with Gasteiger partial charge in [0.1, 0.15) is 12.0 Å². The van der Waals surface area contributed by atoms with Crippen LogP contribution in [-0.4, -0.2) is 42.0 Å². The van der Waals surface area contributed by atoms with E-state index in [1.807, 2.05) is 13.8 Å². The Kier molecular flexibility index (Phi) is 15.2. The number of benzene rings is 1. The van der Waals surface area contributed by atoms with Crippen LogP contribution in [0, 0.1) is 0 Å². The normalized spacial score (nSPS) is 14.4. The number of nitrogens with zero attached hydrogens (tertiary/aromatic N) is 2. The number of alkyl halides is 3. The van der Waals surface area contributed by atoms with Crippen LogP contribution in [0.3, 0.4) is 0 Å². The van der Waals surface area contributed by atoms with Crippen molar-refractivity contribution in [2.75, 3.05) is 19.0 Å². The summed E-state index contributed by atoms with van der Waals surface area (Å²) >= 11 is 0. The van der Waals surface area contributed by atoms with Crippen molar-refractivity contribution in [3.63, 3.8) is 0 Å². The molecular formula is C34H50F3N3O. The number of halogens is 3. The van der Waals surface area contributed by atoms with Gasteiger partial charge in [-0.3, -0.25) is 4.90 Å². The molecule has 228 valence electrons. The minimum Gasteiger partial charge on any atom is -0.362 e. The fraction of sp³-hybridized carbons (Fsp3) is 0.559. The molecular weight excluding hydrogens is 523 g/mol. The summed E-state index contributed by atoms with van der Waals surface area (Å²) in [5.41, 5.74) is 3.83. The highest BCUT2D eigenvalue weighted by Crippen LogP contribution is 2.33. The van der Waals surface area contributed by atoms with E-state index in [1.54, 1.807) is 37.5 Å². The predicted molar refractivity (Wildman–Crippen MR) is 166 cm³/mol. The summed E-state index contributed by atoms with van der Waals surface area (Å²) < 4.78 is 46.3. The predicted octanol–water partition coefficient (Wildman–Crippen LogP) is 9.58. The lowest BCUT2D eigenvalue weighted by Gasteiger charge is -2.31. The van der Waals surface area contributed by atoms with Crippen molar-refractivity contribution in [3.05, 3.63) is 77.0 Å². The number of rotatable bonds is 18.